The molecule has 2 nitrogen and oxygen atoms in total. The first-order valence-electron chi connectivity index (χ1n) is 7.35. The van der Waals surface area contributed by atoms with Gasteiger partial charge in [-0.2, -0.15) is 0 Å². The summed E-state index contributed by atoms with van der Waals surface area (Å²) >= 11 is 0. The van der Waals surface area contributed by atoms with Crippen molar-refractivity contribution in [3.8, 4) is 0 Å². The highest BCUT2D eigenvalue weighted by Crippen LogP contribution is 2.25. The fourth-order valence-electron chi connectivity index (χ4n) is 3.06. The fourth-order valence-corrected chi connectivity index (χ4v) is 3.06. The number of benzene rings is 1. The second-order valence-electron chi connectivity index (χ2n) is 6.09. The summed E-state index contributed by atoms with van der Waals surface area (Å²) in [6, 6.07) is 6.12. The minimum Gasteiger partial charge on any atom is -0.299 e. The maximum absolute atomic E-state index is 12.4. The minimum atomic E-state index is 0.252. The number of rotatable bonds is 5. The summed E-state index contributed by atoms with van der Waals surface area (Å²) in [5.74, 6) is 1.05. The molecule has 2 heteroatoms. The first-order chi connectivity index (χ1) is 9.06. The van der Waals surface area contributed by atoms with Crippen molar-refractivity contribution in [1.29, 1.82) is 0 Å². The molecule has 0 aliphatic heterocycles. The van der Waals surface area contributed by atoms with E-state index in [1.54, 1.807) is 0 Å². The van der Waals surface area contributed by atoms with E-state index in [1.807, 2.05) is 26.0 Å². The SMILES string of the molecule is Cc1ccc(C)c(C(=O)CN(C)CC2CCCC2)c1. The summed E-state index contributed by atoms with van der Waals surface area (Å²) in [7, 11) is 2.07. The van der Waals surface area contributed by atoms with Crippen LogP contribution in [0.15, 0.2) is 18.2 Å². The molecule has 0 bridgehead atoms. The zero-order valence-electron chi connectivity index (χ0n) is 12.4. The second-order valence-corrected chi connectivity index (χ2v) is 6.09. The third-order valence-electron chi connectivity index (χ3n) is 4.15. The van der Waals surface area contributed by atoms with Gasteiger partial charge < -0.3 is 0 Å². The van der Waals surface area contributed by atoms with Crippen LogP contribution in [0.3, 0.4) is 0 Å². The van der Waals surface area contributed by atoms with Gasteiger partial charge in [-0.25, -0.2) is 0 Å². The maximum atomic E-state index is 12.4. The summed E-state index contributed by atoms with van der Waals surface area (Å²) in [6.07, 6.45) is 5.40. The van der Waals surface area contributed by atoms with Crippen LogP contribution in [0.4, 0.5) is 0 Å². The Morgan fingerprint density at radius 2 is 1.95 bits per heavy atom. The molecule has 0 unspecified atom stereocenters. The molecule has 104 valence electrons. The van der Waals surface area contributed by atoms with E-state index in [1.165, 1.54) is 25.7 Å². The molecule has 1 aromatic rings. The quantitative estimate of drug-likeness (QED) is 0.753. The van der Waals surface area contributed by atoms with Crippen molar-refractivity contribution >= 4 is 5.78 Å². The lowest BCUT2D eigenvalue weighted by atomic mass is 10.0. The molecule has 0 spiro atoms. The second kappa shape index (κ2) is 6.33. The molecular weight excluding hydrogens is 234 g/mol. The molecule has 0 aromatic heterocycles. The van der Waals surface area contributed by atoms with Crippen molar-refractivity contribution in [1.82, 2.24) is 4.90 Å². The first kappa shape index (κ1) is 14.3. The number of Topliss-reactive ketones (excluding diaryl/α,β-unsaturated/α-hetero) is 1. The average molecular weight is 259 g/mol. The summed E-state index contributed by atoms with van der Waals surface area (Å²) in [4.78, 5) is 14.6. The van der Waals surface area contributed by atoms with Crippen LogP contribution in [0, 0.1) is 19.8 Å². The number of ketones is 1. The predicted octanol–water partition coefficient (Wildman–Crippen LogP) is 3.61. The Morgan fingerprint density at radius 1 is 1.26 bits per heavy atom. The topological polar surface area (TPSA) is 20.3 Å². The zero-order chi connectivity index (χ0) is 13.8. The van der Waals surface area contributed by atoms with E-state index in [-0.39, 0.29) is 5.78 Å². The fraction of sp³-hybridized carbons (Fsp3) is 0.588. The zero-order valence-corrected chi connectivity index (χ0v) is 12.4. The van der Waals surface area contributed by atoms with Crippen LogP contribution in [0.5, 0.6) is 0 Å². The van der Waals surface area contributed by atoms with Crippen molar-refractivity contribution in [3.05, 3.63) is 34.9 Å². The highest BCUT2D eigenvalue weighted by molar-refractivity contribution is 5.99. The van der Waals surface area contributed by atoms with Crippen LogP contribution < -0.4 is 0 Å². The van der Waals surface area contributed by atoms with E-state index in [2.05, 4.69) is 18.0 Å². The Balaban J connectivity index is 1.94. The van der Waals surface area contributed by atoms with Crippen LogP contribution in [0.1, 0.15) is 47.2 Å². The predicted molar refractivity (Wildman–Crippen MR) is 79.7 cm³/mol. The van der Waals surface area contributed by atoms with Crippen molar-refractivity contribution in [3.63, 3.8) is 0 Å². The van der Waals surface area contributed by atoms with E-state index < -0.39 is 0 Å². The monoisotopic (exact) mass is 259 g/mol. The molecule has 1 aromatic carbocycles. The molecular formula is C17H25NO. The Labute approximate surface area is 116 Å². The largest absolute Gasteiger partial charge is 0.299 e. The van der Waals surface area contributed by atoms with Crippen LogP contribution in [0.2, 0.25) is 0 Å². The van der Waals surface area contributed by atoms with Gasteiger partial charge in [0.1, 0.15) is 0 Å². The Hall–Kier alpha value is -1.15. The van der Waals surface area contributed by atoms with Gasteiger partial charge in [-0.05, 0) is 51.3 Å². The standard InChI is InChI=1S/C17H25NO/c1-13-8-9-14(2)16(10-13)17(19)12-18(3)11-15-6-4-5-7-15/h8-10,15H,4-7,11-12H2,1-3H3. The third-order valence-corrected chi connectivity index (χ3v) is 4.15. The Morgan fingerprint density at radius 3 is 2.63 bits per heavy atom. The number of carbonyl (C=O) groups is 1. The van der Waals surface area contributed by atoms with Crippen molar-refractivity contribution in [2.75, 3.05) is 20.1 Å². The molecule has 19 heavy (non-hydrogen) atoms. The molecule has 1 aliphatic rings. The van der Waals surface area contributed by atoms with Gasteiger partial charge in [-0.15, -0.1) is 0 Å². The summed E-state index contributed by atoms with van der Waals surface area (Å²) in [5, 5.41) is 0. The van der Waals surface area contributed by atoms with Gasteiger partial charge in [0.05, 0.1) is 6.54 Å². The van der Waals surface area contributed by atoms with Gasteiger partial charge in [0, 0.05) is 12.1 Å². The smallest absolute Gasteiger partial charge is 0.177 e. The molecule has 1 fully saturated rings. The molecule has 0 heterocycles. The van der Waals surface area contributed by atoms with Crippen molar-refractivity contribution in [2.24, 2.45) is 5.92 Å². The molecule has 0 amide bonds. The summed E-state index contributed by atoms with van der Waals surface area (Å²) in [6.45, 7) is 5.67. The number of likely N-dealkylation sites (N-methyl/N-ethyl adjacent to an activating group) is 1. The minimum absolute atomic E-state index is 0.252. The highest BCUT2D eigenvalue weighted by Gasteiger charge is 2.19. The van der Waals surface area contributed by atoms with E-state index in [0.717, 1.165) is 29.2 Å². The molecule has 1 saturated carbocycles. The van der Waals surface area contributed by atoms with Crippen LogP contribution in [0.25, 0.3) is 0 Å². The molecule has 0 radical (unpaired) electrons. The van der Waals surface area contributed by atoms with Crippen molar-refractivity contribution in [2.45, 2.75) is 39.5 Å². The number of hydrogen-bond donors (Lipinski definition) is 0. The van der Waals surface area contributed by atoms with E-state index in [0.29, 0.717) is 6.54 Å². The lowest BCUT2D eigenvalue weighted by Gasteiger charge is -2.20. The van der Waals surface area contributed by atoms with Crippen molar-refractivity contribution < 1.29 is 4.79 Å². The van der Waals surface area contributed by atoms with Gasteiger partial charge in [0.25, 0.3) is 0 Å². The molecule has 2 rings (SSSR count). The van der Waals surface area contributed by atoms with Crippen LogP contribution in [-0.2, 0) is 0 Å². The van der Waals surface area contributed by atoms with E-state index >= 15 is 0 Å². The van der Waals surface area contributed by atoms with Crippen LogP contribution in [-0.4, -0.2) is 30.8 Å². The van der Waals surface area contributed by atoms with Gasteiger partial charge in [-0.1, -0.05) is 30.5 Å². The van der Waals surface area contributed by atoms with Gasteiger partial charge >= 0.3 is 0 Å². The lowest BCUT2D eigenvalue weighted by molar-refractivity contribution is 0.0937. The lowest BCUT2D eigenvalue weighted by Crippen LogP contribution is -2.30. The Bertz CT molecular complexity index is 447. The van der Waals surface area contributed by atoms with E-state index in [9.17, 15) is 4.79 Å². The molecule has 0 saturated heterocycles. The summed E-state index contributed by atoms with van der Waals surface area (Å²) in [5.41, 5.74) is 3.13. The van der Waals surface area contributed by atoms with Crippen LogP contribution >= 0.6 is 0 Å². The maximum Gasteiger partial charge on any atom is 0.177 e. The van der Waals surface area contributed by atoms with Gasteiger partial charge in [0.2, 0.25) is 0 Å². The number of carbonyl (C=O) groups excluding carboxylic acids is 1. The molecule has 0 N–H and O–H groups in total. The normalized spacial score (nSPS) is 16.2. The highest BCUT2D eigenvalue weighted by atomic mass is 16.1. The molecule has 1 aliphatic carbocycles. The Kier molecular flexibility index (Phi) is 4.76. The first-order valence-corrected chi connectivity index (χ1v) is 7.35. The number of aryl methyl sites for hydroxylation is 2. The average Bonchev–Trinajstić information content (AvgIpc) is 2.84. The third kappa shape index (κ3) is 3.90. The molecule has 0 atom stereocenters. The van der Waals surface area contributed by atoms with Gasteiger partial charge in [-0.3, -0.25) is 9.69 Å². The number of nitrogens with zero attached hydrogens (tertiary/aromatic N) is 1. The summed E-state index contributed by atoms with van der Waals surface area (Å²) < 4.78 is 0. The van der Waals surface area contributed by atoms with E-state index in [4.69, 9.17) is 0 Å². The van der Waals surface area contributed by atoms with Gasteiger partial charge in [0.15, 0.2) is 5.78 Å². The number of hydrogen-bond acceptors (Lipinski definition) is 2.